The summed E-state index contributed by atoms with van der Waals surface area (Å²) in [6.07, 6.45) is 6.82. The molecule has 9 heteroatoms. The van der Waals surface area contributed by atoms with Gasteiger partial charge in [0.25, 0.3) is 11.5 Å². The maximum Gasteiger partial charge on any atom is 0.297 e. The second-order valence-electron chi connectivity index (χ2n) is 11.2. The number of carbonyl (C=O) groups excluding carboxylic acids is 2. The van der Waals surface area contributed by atoms with Crippen molar-refractivity contribution in [2.24, 2.45) is 17.6 Å². The number of nitrogens with one attached hydrogen (secondary N) is 2. The van der Waals surface area contributed by atoms with Crippen LogP contribution in [0.5, 0.6) is 0 Å². The van der Waals surface area contributed by atoms with Crippen LogP contribution in [0.3, 0.4) is 0 Å². The highest BCUT2D eigenvalue weighted by Gasteiger charge is 2.28. The number of nitrogens with zero attached hydrogens (tertiary/aromatic N) is 3. The number of aryl methyl sites for hydroxylation is 1. The molecule has 2 atom stereocenters. The zero-order valence-electron chi connectivity index (χ0n) is 23.2. The highest BCUT2D eigenvalue weighted by atomic mass is 16.2. The Morgan fingerprint density at radius 1 is 1.07 bits per heavy atom. The number of hydrogen-bond acceptors (Lipinski definition) is 6. The third kappa shape index (κ3) is 6.42. The molecule has 1 saturated heterocycles. The maximum atomic E-state index is 13.8. The van der Waals surface area contributed by atoms with E-state index in [1.54, 1.807) is 29.1 Å². The minimum absolute atomic E-state index is 0.0525. The Balaban J connectivity index is 1.39. The summed E-state index contributed by atoms with van der Waals surface area (Å²) in [4.78, 5) is 44.8. The third-order valence-electron chi connectivity index (χ3n) is 8.04. The Hall–Kier alpha value is -3.98. The van der Waals surface area contributed by atoms with Gasteiger partial charge >= 0.3 is 0 Å². The van der Waals surface area contributed by atoms with Gasteiger partial charge in [0.1, 0.15) is 0 Å². The van der Waals surface area contributed by atoms with E-state index in [-0.39, 0.29) is 47.1 Å². The van der Waals surface area contributed by atoms with E-state index in [2.05, 4.69) is 39.6 Å². The Morgan fingerprint density at radius 2 is 1.80 bits per heavy atom. The second-order valence-corrected chi connectivity index (χ2v) is 11.2. The Morgan fingerprint density at radius 3 is 2.48 bits per heavy atom. The van der Waals surface area contributed by atoms with Gasteiger partial charge in [0.05, 0.1) is 11.7 Å². The molecular weight excluding hydrogens is 504 g/mol. The molecule has 3 aromatic rings. The van der Waals surface area contributed by atoms with E-state index in [4.69, 9.17) is 5.73 Å². The third-order valence-corrected chi connectivity index (χ3v) is 8.04. The fourth-order valence-corrected chi connectivity index (χ4v) is 5.48. The highest BCUT2D eigenvalue weighted by molar-refractivity contribution is 5.95. The molecule has 1 aliphatic heterocycles. The molecule has 2 heterocycles. The van der Waals surface area contributed by atoms with Crippen molar-refractivity contribution in [1.82, 2.24) is 19.8 Å². The van der Waals surface area contributed by atoms with Crippen molar-refractivity contribution in [2.75, 3.05) is 25.0 Å². The summed E-state index contributed by atoms with van der Waals surface area (Å²) in [5.74, 6) is -0.000854. The van der Waals surface area contributed by atoms with Crippen molar-refractivity contribution < 1.29 is 9.59 Å². The van der Waals surface area contributed by atoms with E-state index >= 15 is 0 Å². The van der Waals surface area contributed by atoms with Gasteiger partial charge in [-0.15, -0.1) is 0 Å². The summed E-state index contributed by atoms with van der Waals surface area (Å²) < 4.78 is 1.56. The first kappa shape index (κ1) is 27.6. The quantitative estimate of drug-likeness (QED) is 0.361. The molecule has 1 aromatic heterocycles. The van der Waals surface area contributed by atoms with E-state index in [1.165, 1.54) is 0 Å². The summed E-state index contributed by atoms with van der Waals surface area (Å²) in [6.45, 7) is 6.53. The van der Waals surface area contributed by atoms with Crippen LogP contribution in [0.4, 0.5) is 5.82 Å². The Labute approximate surface area is 234 Å². The summed E-state index contributed by atoms with van der Waals surface area (Å²) in [6, 6.07) is 15.6. The Kier molecular flexibility index (Phi) is 8.30. The summed E-state index contributed by atoms with van der Waals surface area (Å²) in [5, 5.41) is 6.47. The van der Waals surface area contributed by atoms with Crippen molar-refractivity contribution >= 4 is 17.6 Å². The van der Waals surface area contributed by atoms with Crippen LogP contribution in [0.1, 0.15) is 60.1 Å². The van der Waals surface area contributed by atoms with Crippen molar-refractivity contribution in [3.05, 3.63) is 88.0 Å². The fourth-order valence-electron chi connectivity index (χ4n) is 5.48. The Bertz CT molecular complexity index is 1410. The molecule has 5 rings (SSSR count). The zero-order chi connectivity index (χ0) is 28.2. The maximum absolute atomic E-state index is 13.8. The van der Waals surface area contributed by atoms with Gasteiger partial charge in [-0.3, -0.25) is 19.0 Å². The molecule has 4 N–H and O–H groups in total. The number of likely N-dealkylation sites (tertiary alicyclic amines) is 1. The van der Waals surface area contributed by atoms with Crippen LogP contribution < -0.4 is 21.9 Å². The molecule has 0 unspecified atom stereocenters. The lowest BCUT2D eigenvalue weighted by molar-refractivity contribution is -0.123. The zero-order valence-corrected chi connectivity index (χ0v) is 23.2. The number of piperidine rings is 1. The SMILES string of the molecule is Cc1ccc(C(=O)NC2CC2)cc1-n1ccnc(N[C@@H](c2ccccc2)[C@@H](C)CN2CCC(C(N)=O)CC2)c1=O. The van der Waals surface area contributed by atoms with Crippen LogP contribution in [-0.4, -0.2) is 51.9 Å². The lowest BCUT2D eigenvalue weighted by atomic mass is 9.91. The number of rotatable bonds is 10. The van der Waals surface area contributed by atoms with Crippen molar-refractivity contribution in [1.29, 1.82) is 0 Å². The lowest BCUT2D eigenvalue weighted by Crippen LogP contribution is -2.42. The molecule has 2 aromatic carbocycles. The molecule has 2 aliphatic rings. The van der Waals surface area contributed by atoms with Crippen LogP contribution >= 0.6 is 0 Å². The van der Waals surface area contributed by atoms with Gasteiger partial charge in [-0.2, -0.15) is 0 Å². The molecule has 2 amide bonds. The molecule has 210 valence electrons. The van der Waals surface area contributed by atoms with Crippen LogP contribution in [0.15, 0.2) is 65.7 Å². The molecule has 40 heavy (non-hydrogen) atoms. The monoisotopic (exact) mass is 542 g/mol. The highest BCUT2D eigenvalue weighted by Crippen LogP contribution is 2.28. The molecule has 0 bridgehead atoms. The average Bonchev–Trinajstić information content (AvgIpc) is 3.77. The number of hydrogen-bond donors (Lipinski definition) is 3. The number of amides is 2. The average molecular weight is 543 g/mol. The van der Waals surface area contributed by atoms with Crippen LogP contribution in [0.25, 0.3) is 5.69 Å². The van der Waals surface area contributed by atoms with Gasteiger partial charge in [-0.05, 0) is 74.9 Å². The van der Waals surface area contributed by atoms with E-state index in [0.29, 0.717) is 11.3 Å². The lowest BCUT2D eigenvalue weighted by Gasteiger charge is -2.35. The summed E-state index contributed by atoms with van der Waals surface area (Å²) in [5.41, 5.74) is 8.37. The van der Waals surface area contributed by atoms with E-state index in [9.17, 15) is 14.4 Å². The first-order valence-electron chi connectivity index (χ1n) is 14.1. The standard InChI is InChI=1S/C31H38N6O3/c1-20-8-9-24(30(39)34-25-10-11-25)18-26(20)37-17-14-33-29(31(37)40)35-27(22-6-4-3-5-7-22)21(2)19-36-15-12-23(13-16-36)28(32)38/h3-9,14,17-18,21,23,25,27H,10-13,15-16,19H2,1-2H3,(H2,32,38)(H,33,35)(H,34,39)/t21-,27+/m0/s1. The molecule has 1 saturated carbocycles. The topological polar surface area (TPSA) is 122 Å². The summed E-state index contributed by atoms with van der Waals surface area (Å²) in [7, 11) is 0. The normalized spacial score (nSPS) is 17.6. The molecule has 9 nitrogen and oxygen atoms in total. The van der Waals surface area contributed by atoms with Crippen LogP contribution in [-0.2, 0) is 4.79 Å². The first-order valence-corrected chi connectivity index (χ1v) is 14.1. The first-order chi connectivity index (χ1) is 19.3. The number of benzene rings is 2. The van der Waals surface area contributed by atoms with Gasteiger partial charge in [0, 0.05) is 36.5 Å². The second kappa shape index (κ2) is 12.0. The minimum Gasteiger partial charge on any atom is -0.369 e. The van der Waals surface area contributed by atoms with E-state index < -0.39 is 0 Å². The van der Waals surface area contributed by atoms with Crippen molar-refractivity contribution in [3.8, 4) is 5.69 Å². The van der Waals surface area contributed by atoms with E-state index in [0.717, 1.165) is 56.4 Å². The van der Waals surface area contributed by atoms with Crippen LogP contribution in [0.2, 0.25) is 0 Å². The fraction of sp³-hybridized carbons (Fsp3) is 0.419. The van der Waals surface area contributed by atoms with Crippen LogP contribution in [0, 0.1) is 18.8 Å². The molecule has 2 fully saturated rings. The largest absolute Gasteiger partial charge is 0.369 e. The van der Waals surface area contributed by atoms with Crippen molar-refractivity contribution in [2.45, 2.75) is 51.6 Å². The number of carbonyl (C=O) groups is 2. The predicted molar refractivity (Wildman–Crippen MR) is 155 cm³/mol. The number of anilines is 1. The van der Waals surface area contributed by atoms with Gasteiger partial charge in [-0.1, -0.05) is 43.3 Å². The number of nitrogens with two attached hydrogens (primary N) is 1. The number of aromatic nitrogens is 2. The summed E-state index contributed by atoms with van der Waals surface area (Å²) >= 11 is 0. The van der Waals surface area contributed by atoms with Crippen molar-refractivity contribution in [3.63, 3.8) is 0 Å². The molecule has 1 aliphatic carbocycles. The minimum atomic E-state index is -0.277. The molecular formula is C31H38N6O3. The van der Waals surface area contributed by atoms with Gasteiger partial charge in [-0.25, -0.2) is 4.98 Å². The van der Waals surface area contributed by atoms with Gasteiger partial charge in [0.15, 0.2) is 5.82 Å². The number of primary amides is 1. The van der Waals surface area contributed by atoms with Gasteiger partial charge < -0.3 is 21.3 Å². The van der Waals surface area contributed by atoms with E-state index in [1.807, 2.05) is 31.2 Å². The molecule has 0 spiro atoms. The molecule has 0 radical (unpaired) electrons. The smallest absolute Gasteiger partial charge is 0.297 e. The van der Waals surface area contributed by atoms with Gasteiger partial charge in [0.2, 0.25) is 5.91 Å². The predicted octanol–water partition coefficient (Wildman–Crippen LogP) is 3.42.